The number of benzene rings is 1. The van der Waals surface area contributed by atoms with Crippen LogP contribution in [0.2, 0.25) is 0 Å². The van der Waals surface area contributed by atoms with E-state index in [1.165, 1.54) is 18.2 Å². The third kappa shape index (κ3) is 4.87. The molecule has 1 aromatic heterocycles. The van der Waals surface area contributed by atoms with Crippen molar-refractivity contribution >= 4 is 23.4 Å². The van der Waals surface area contributed by atoms with Gasteiger partial charge in [-0.05, 0) is 12.1 Å². The van der Waals surface area contributed by atoms with Gasteiger partial charge in [-0.3, -0.25) is 4.79 Å². The summed E-state index contributed by atoms with van der Waals surface area (Å²) < 4.78 is 40.8. The highest BCUT2D eigenvalue weighted by Crippen LogP contribution is 2.34. The molecular weight excluding hydrogens is 365 g/mol. The van der Waals surface area contributed by atoms with Gasteiger partial charge in [-0.1, -0.05) is 43.8 Å². The molecule has 0 aliphatic carbocycles. The van der Waals surface area contributed by atoms with Crippen LogP contribution in [0, 0.1) is 0 Å². The minimum Gasteiger partial charge on any atom is -0.325 e. The van der Waals surface area contributed by atoms with E-state index in [9.17, 15) is 18.0 Å². The molecule has 0 radical (unpaired) electrons. The monoisotopic (exact) mass is 384 g/mol. The second kappa shape index (κ2) is 8.39. The summed E-state index contributed by atoms with van der Waals surface area (Å²) in [7, 11) is 0. The summed E-state index contributed by atoms with van der Waals surface area (Å²) in [5.41, 5.74) is -1.14. The van der Waals surface area contributed by atoms with E-state index in [-0.39, 0.29) is 17.4 Å². The molecule has 0 saturated heterocycles. The van der Waals surface area contributed by atoms with Crippen LogP contribution < -0.4 is 5.32 Å². The number of nitrogens with one attached hydrogen (secondary N) is 1. The van der Waals surface area contributed by atoms with Crippen LogP contribution in [0.5, 0.6) is 0 Å². The van der Waals surface area contributed by atoms with Gasteiger partial charge in [-0.15, -0.1) is 16.8 Å². The van der Waals surface area contributed by atoms with Gasteiger partial charge in [0.2, 0.25) is 5.91 Å². The number of hydrogen-bond donors (Lipinski definition) is 1. The van der Waals surface area contributed by atoms with Crippen molar-refractivity contribution in [2.45, 2.75) is 37.6 Å². The summed E-state index contributed by atoms with van der Waals surface area (Å²) in [6.45, 7) is 8.12. The van der Waals surface area contributed by atoms with Gasteiger partial charge in [0.25, 0.3) is 0 Å². The maximum Gasteiger partial charge on any atom is 0.418 e. The molecule has 9 heteroatoms. The highest BCUT2D eigenvalue weighted by molar-refractivity contribution is 7.99. The van der Waals surface area contributed by atoms with Crippen molar-refractivity contribution < 1.29 is 18.0 Å². The fourth-order valence-corrected chi connectivity index (χ4v) is 3.05. The standard InChI is InChI=1S/C17H19F3N4OS/c1-4-9-24-15(11(2)3)22-23-16(24)26-10-14(25)21-13-8-6-5-7-12(13)17(18,19)20/h4-8,11H,1,9-10H2,2-3H3,(H,21,25). The van der Waals surface area contributed by atoms with Crippen LogP contribution in [-0.4, -0.2) is 26.4 Å². The predicted octanol–water partition coefficient (Wildman–Crippen LogP) is 4.34. The number of thioether (sulfide) groups is 1. The molecule has 0 fully saturated rings. The summed E-state index contributed by atoms with van der Waals surface area (Å²) in [6, 6.07) is 4.87. The van der Waals surface area contributed by atoms with E-state index >= 15 is 0 Å². The molecule has 0 aliphatic heterocycles. The van der Waals surface area contributed by atoms with Gasteiger partial charge in [0, 0.05) is 12.5 Å². The number of aromatic nitrogens is 3. The van der Waals surface area contributed by atoms with Crippen molar-refractivity contribution in [3.8, 4) is 0 Å². The number of hydrogen-bond acceptors (Lipinski definition) is 4. The van der Waals surface area contributed by atoms with Gasteiger partial charge >= 0.3 is 6.18 Å². The smallest absolute Gasteiger partial charge is 0.325 e. The number of allylic oxidation sites excluding steroid dienone is 1. The SMILES string of the molecule is C=CCn1c(SCC(=O)Nc2ccccc2C(F)(F)F)nnc1C(C)C. The first-order valence-electron chi connectivity index (χ1n) is 7.87. The number of nitrogens with zero attached hydrogens (tertiary/aromatic N) is 3. The van der Waals surface area contributed by atoms with E-state index < -0.39 is 17.6 Å². The second-order valence-corrected chi connectivity index (χ2v) is 6.72. The zero-order valence-electron chi connectivity index (χ0n) is 14.4. The van der Waals surface area contributed by atoms with Crippen molar-refractivity contribution in [2.75, 3.05) is 11.1 Å². The van der Waals surface area contributed by atoms with Crippen LogP contribution in [0.3, 0.4) is 0 Å². The fraction of sp³-hybridized carbons (Fsp3) is 0.353. The molecule has 2 aromatic rings. The van der Waals surface area contributed by atoms with E-state index in [0.717, 1.165) is 23.7 Å². The van der Waals surface area contributed by atoms with E-state index in [1.54, 1.807) is 6.08 Å². The Morgan fingerprint density at radius 1 is 1.35 bits per heavy atom. The molecule has 1 N–H and O–H groups in total. The van der Waals surface area contributed by atoms with Gasteiger partial charge in [0.05, 0.1) is 17.0 Å². The van der Waals surface area contributed by atoms with Crippen molar-refractivity contribution in [2.24, 2.45) is 0 Å². The van der Waals surface area contributed by atoms with E-state index in [2.05, 4.69) is 22.1 Å². The summed E-state index contributed by atoms with van der Waals surface area (Å²) in [5, 5.41) is 11.0. The lowest BCUT2D eigenvalue weighted by Gasteiger charge is -2.13. The van der Waals surface area contributed by atoms with Crippen molar-refractivity contribution in [1.29, 1.82) is 0 Å². The Bertz CT molecular complexity index is 787. The second-order valence-electron chi connectivity index (χ2n) is 5.77. The van der Waals surface area contributed by atoms with Gasteiger partial charge in [-0.2, -0.15) is 13.2 Å². The molecule has 0 aliphatic rings. The number of carbonyl (C=O) groups is 1. The lowest BCUT2D eigenvalue weighted by Crippen LogP contribution is -2.18. The molecule has 140 valence electrons. The van der Waals surface area contributed by atoms with Gasteiger partial charge in [0.1, 0.15) is 5.82 Å². The van der Waals surface area contributed by atoms with E-state index in [4.69, 9.17) is 0 Å². The minimum absolute atomic E-state index is 0.0838. The molecular formula is C17H19F3N4OS. The molecule has 0 bridgehead atoms. The topological polar surface area (TPSA) is 59.8 Å². The maximum absolute atomic E-state index is 13.0. The molecule has 1 amide bonds. The Morgan fingerprint density at radius 3 is 2.65 bits per heavy atom. The first kappa shape index (κ1) is 20.0. The zero-order valence-corrected chi connectivity index (χ0v) is 15.2. The summed E-state index contributed by atoms with van der Waals surface area (Å²) in [4.78, 5) is 12.1. The van der Waals surface area contributed by atoms with Crippen LogP contribution >= 0.6 is 11.8 Å². The third-order valence-electron chi connectivity index (χ3n) is 3.41. The number of alkyl halides is 3. The summed E-state index contributed by atoms with van der Waals surface area (Å²) in [6.07, 6.45) is -2.84. The highest BCUT2D eigenvalue weighted by atomic mass is 32.2. The van der Waals surface area contributed by atoms with Crippen LogP contribution in [0.1, 0.15) is 31.2 Å². The molecule has 26 heavy (non-hydrogen) atoms. The predicted molar refractivity (Wildman–Crippen MR) is 95.1 cm³/mol. The number of amides is 1. The summed E-state index contributed by atoms with van der Waals surface area (Å²) >= 11 is 1.11. The van der Waals surface area contributed by atoms with Gasteiger partial charge in [-0.25, -0.2) is 0 Å². The molecule has 0 spiro atoms. The molecule has 0 saturated carbocycles. The first-order chi connectivity index (χ1) is 12.2. The van der Waals surface area contributed by atoms with Crippen LogP contribution in [-0.2, 0) is 17.5 Å². The quantitative estimate of drug-likeness (QED) is 0.570. The molecule has 5 nitrogen and oxygen atoms in total. The minimum atomic E-state index is -4.53. The Kier molecular flexibility index (Phi) is 6.47. The molecule has 2 rings (SSSR count). The molecule has 1 aromatic carbocycles. The van der Waals surface area contributed by atoms with Crippen molar-refractivity contribution in [3.63, 3.8) is 0 Å². The van der Waals surface area contributed by atoms with Crippen LogP contribution in [0.4, 0.5) is 18.9 Å². The van der Waals surface area contributed by atoms with Crippen LogP contribution in [0.25, 0.3) is 0 Å². The average Bonchev–Trinajstić information content (AvgIpc) is 2.96. The Morgan fingerprint density at radius 2 is 2.04 bits per heavy atom. The number of anilines is 1. The lowest BCUT2D eigenvalue weighted by molar-refractivity contribution is -0.137. The van der Waals surface area contributed by atoms with Crippen LogP contribution in [0.15, 0.2) is 42.1 Å². The number of carbonyl (C=O) groups excluding carboxylic acids is 1. The molecule has 0 atom stereocenters. The summed E-state index contributed by atoms with van der Waals surface area (Å²) in [5.74, 6) is 0.269. The highest BCUT2D eigenvalue weighted by Gasteiger charge is 2.33. The van der Waals surface area contributed by atoms with Crippen molar-refractivity contribution in [3.05, 3.63) is 48.3 Å². The van der Waals surface area contributed by atoms with Gasteiger partial charge in [0.15, 0.2) is 5.16 Å². The van der Waals surface area contributed by atoms with Crippen molar-refractivity contribution in [1.82, 2.24) is 14.8 Å². The molecule has 1 heterocycles. The van der Waals surface area contributed by atoms with E-state index in [1.807, 2.05) is 18.4 Å². The fourth-order valence-electron chi connectivity index (χ4n) is 2.29. The largest absolute Gasteiger partial charge is 0.418 e. The Balaban J connectivity index is 2.08. The lowest BCUT2D eigenvalue weighted by atomic mass is 10.1. The first-order valence-corrected chi connectivity index (χ1v) is 8.85. The average molecular weight is 384 g/mol. The normalized spacial score (nSPS) is 11.6. The molecule has 0 unspecified atom stereocenters. The number of rotatable bonds is 7. The number of para-hydroxylation sites is 1. The van der Waals surface area contributed by atoms with E-state index in [0.29, 0.717) is 11.7 Å². The van der Waals surface area contributed by atoms with Gasteiger partial charge < -0.3 is 9.88 Å². The Hall–Kier alpha value is -2.29. The number of halogens is 3. The third-order valence-corrected chi connectivity index (χ3v) is 4.38. The zero-order chi connectivity index (χ0) is 19.3. The Labute approximate surface area is 153 Å². The maximum atomic E-state index is 13.0.